The Morgan fingerprint density at radius 2 is 2.00 bits per heavy atom. The van der Waals surface area contributed by atoms with Gasteiger partial charge in [0, 0.05) is 24.1 Å². The Morgan fingerprint density at radius 1 is 1.36 bits per heavy atom. The van der Waals surface area contributed by atoms with Crippen molar-refractivity contribution < 1.29 is 29.5 Å². The van der Waals surface area contributed by atoms with E-state index in [9.17, 15) is 29.9 Å². The van der Waals surface area contributed by atoms with Crippen molar-refractivity contribution >= 4 is 17.6 Å². The Bertz CT molecular complexity index is 645. The number of carbonyl (C=O) groups is 2. The van der Waals surface area contributed by atoms with Crippen LogP contribution in [0.15, 0.2) is 18.2 Å². The molecule has 1 amide bonds. The van der Waals surface area contributed by atoms with Crippen LogP contribution in [0.2, 0.25) is 0 Å². The molecule has 1 aromatic carbocycles. The van der Waals surface area contributed by atoms with E-state index in [1.807, 2.05) is 13.8 Å². The maximum atomic E-state index is 11.9. The number of amides is 1. The molecule has 25 heavy (non-hydrogen) atoms. The van der Waals surface area contributed by atoms with Crippen molar-refractivity contribution in [2.45, 2.75) is 38.8 Å². The number of aliphatic hydroxyl groups excluding tert-OH is 1. The van der Waals surface area contributed by atoms with Crippen LogP contribution in [0.4, 0.5) is 5.69 Å². The number of hydrogen-bond acceptors (Lipinski definition) is 6. The van der Waals surface area contributed by atoms with Crippen LogP contribution in [-0.2, 0) is 16.0 Å². The van der Waals surface area contributed by atoms with Gasteiger partial charge in [-0.15, -0.1) is 0 Å². The average molecular weight is 354 g/mol. The molecule has 2 atom stereocenters. The monoisotopic (exact) mass is 354 g/mol. The van der Waals surface area contributed by atoms with E-state index in [-0.39, 0.29) is 35.8 Å². The predicted molar refractivity (Wildman–Crippen MR) is 88.4 cm³/mol. The number of rotatable bonds is 9. The zero-order valence-corrected chi connectivity index (χ0v) is 14.3. The lowest BCUT2D eigenvalue weighted by Gasteiger charge is -2.19. The highest BCUT2D eigenvalue weighted by atomic mass is 16.6. The standard InChI is InChI=1S/C16H22N2O7/c1-9(2)6-13(19)15(20)17-12(16(21)22)8-10-7-11(18(23)24)4-5-14(10)25-3/h4-5,7,9,12-13,19H,6,8H2,1-3H3,(H,17,20)(H,21,22)/t12-,13+/m1/s1. The first-order valence-corrected chi connectivity index (χ1v) is 7.68. The van der Waals surface area contributed by atoms with Gasteiger partial charge < -0.3 is 20.3 Å². The Balaban J connectivity index is 2.98. The SMILES string of the molecule is COc1ccc([N+](=O)[O-])cc1C[C@@H](NC(=O)[C@@H](O)CC(C)C)C(=O)O. The van der Waals surface area contributed by atoms with Gasteiger partial charge in [-0.1, -0.05) is 13.8 Å². The summed E-state index contributed by atoms with van der Waals surface area (Å²) in [6.07, 6.45) is -1.35. The highest BCUT2D eigenvalue weighted by Crippen LogP contribution is 2.25. The third kappa shape index (κ3) is 6.03. The predicted octanol–water partition coefficient (Wildman–Crippen LogP) is 1.12. The summed E-state index contributed by atoms with van der Waals surface area (Å²) in [4.78, 5) is 33.7. The minimum absolute atomic E-state index is 0.0564. The number of methoxy groups -OCH3 is 1. The van der Waals surface area contributed by atoms with Crippen LogP contribution in [0.1, 0.15) is 25.8 Å². The Kier molecular flexibility index (Phi) is 7.31. The number of aliphatic carboxylic acids is 1. The molecule has 0 spiro atoms. The molecule has 0 bridgehead atoms. The normalized spacial score (nSPS) is 13.2. The van der Waals surface area contributed by atoms with Gasteiger partial charge >= 0.3 is 5.97 Å². The molecule has 0 aliphatic carbocycles. The molecule has 0 fully saturated rings. The molecule has 9 heteroatoms. The molecule has 1 aromatic rings. The van der Waals surface area contributed by atoms with E-state index in [0.717, 1.165) is 0 Å². The lowest BCUT2D eigenvalue weighted by Crippen LogP contribution is -2.47. The van der Waals surface area contributed by atoms with Crippen molar-refractivity contribution in [3.63, 3.8) is 0 Å². The first-order valence-electron chi connectivity index (χ1n) is 7.68. The molecule has 3 N–H and O–H groups in total. The zero-order chi connectivity index (χ0) is 19.1. The zero-order valence-electron chi connectivity index (χ0n) is 14.3. The Labute approximate surface area is 144 Å². The smallest absolute Gasteiger partial charge is 0.326 e. The van der Waals surface area contributed by atoms with E-state index in [1.54, 1.807) is 0 Å². The van der Waals surface area contributed by atoms with Crippen molar-refractivity contribution in [2.75, 3.05) is 7.11 Å². The Morgan fingerprint density at radius 3 is 2.48 bits per heavy atom. The number of nitro groups is 1. The number of carboxylic acids is 1. The van der Waals surface area contributed by atoms with E-state index in [1.165, 1.54) is 25.3 Å². The minimum atomic E-state index is -1.36. The van der Waals surface area contributed by atoms with Crippen LogP contribution in [-0.4, -0.2) is 46.3 Å². The topological polar surface area (TPSA) is 139 Å². The highest BCUT2D eigenvalue weighted by Gasteiger charge is 2.26. The van der Waals surface area contributed by atoms with E-state index in [2.05, 4.69) is 5.32 Å². The molecule has 0 radical (unpaired) electrons. The van der Waals surface area contributed by atoms with Crippen molar-refractivity contribution in [3.8, 4) is 5.75 Å². The van der Waals surface area contributed by atoms with Gasteiger partial charge in [-0.2, -0.15) is 0 Å². The molecule has 0 aliphatic heterocycles. The third-order valence-corrected chi connectivity index (χ3v) is 3.51. The number of hydrogen-bond donors (Lipinski definition) is 3. The first-order chi connectivity index (χ1) is 11.6. The van der Waals surface area contributed by atoms with Gasteiger partial charge in [0.05, 0.1) is 12.0 Å². The quantitative estimate of drug-likeness (QED) is 0.446. The van der Waals surface area contributed by atoms with E-state index in [4.69, 9.17) is 4.74 Å². The van der Waals surface area contributed by atoms with Crippen LogP contribution >= 0.6 is 0 Å². The number of carboxylic acid groups (broad SMARTS) is 1. The van der Waals surface area contributed by atoms with Gasteiger partial charge in [-0.25, -0.2) is 4.79 Å². The summed E-state index contributed by atoms with van der Waals surface area (Å²) >= 11 is 0. The van der Waals surface area contributed by atoms with Crippen molar-refractivity contribution in [3.05, 3.63) is 33.9 Å². The average Bonchev–Trinajstić information content (AvgIpc) is 2.52. The summed E-state index contributed by atoms with van der Waals surface area (Å²) < 4.78 is 5.09. The summed E-state index contributed by atoms with van der Waals surface area (Å²) in [5.41, 5.74) is 0.0499. The number of nitro benzene ring substituents is 1. The summed E-state index contributed by atoms with van der Waals surface area (Å²) in [5, 5.41) is 32.2. The molecule has 0 aromatic heterocycles. The van der Waals surface area contributed by atoms with Gasteiger partial charge in [0.2, 0.25) is 5.91 Å². The molecule has 138 valence electrons. The molecule has 1 rings (SSSR count). The minimum Gasteiger partial charge on any atom is -0.496 e. The molecular weight excluding hydrogens is 332 g/mol. The molecule has 0 saturated heterocycles. The Hall–Kier alpha value is -2.68. The van der Waals surface area contributed by atoms with Crippen molar-refractivity contribution in [2.24, 2.45) is 5.92 Å². The van der Waals surface area contributed by atoms with Crippen LogP contribution in [0.25, 0.3) is 0 Å². The fourth-order valence-corrected chi connectivity index (χ4v) is 2.28. The number of nitrogens with zero attached hydrogens (tertiary/aromatic N) is 1. The molecular formula is C16H22N2O7. The van der Waals surface area contributed by atoms with E-state index in [0.29, 0.717) is 0 Å². The third-order valence-electron chi connectivity index (χ3n) is 3.51. The van der Waals surface area contributed by atoms with Crippen LogP contribution in [0, 0.1) is 16.0 Å². The van der Waals surface area contributed by atoms with Gasteiger partial charge in [0.1, 0.15) is 17.9 Å². The maximum Gasteiger partial charge on any atom is 0.326 e. The van der Waals surface area contributed by atoms with Gasteiger partial charge in [-0.05, 0) is 18.4 Å². The lowest BCUT2D eigenvalue weighted by molar-refractivity contribution is -0.384. The van der Waals surface area contributed by atoms with E-state index < -0.39 is 28.9 Å². The first kappa shape index (κ1) is 20.4. The maximum absolute atomic E-state index is 11.9. The van der Waals surface area contributed by atoms with Crippen LogP contribution in [0.3, 0.4) is 0 Å². The summed E-state index contributed by atoms with van der Waals surface area (Å²) in [5.74, 6) is -1.79. The second-order valence-corrected chi connectivity index (χ2v) is 6.00. The molecule has 0 saturated carbocycles. The van der Waals surface area contributed by atoms with Gasteiger partial charge in [0.25, 0.3) is 5.69 Å². The number of nitrogens with one attached hydrogen (secondary N) is 1. The number of aliphatic hydroxyl groups is 1. The highest BCUT2D eigenvalue weighted by molar-refractivity contribution is 5.86. The molecule has 0 heterocycles. The van der Waals surface area contributed by atoms with E-state index >= 15 is 0 Å². The van der Waals surface area contributed by atoms with Crippen molar-refractivity contribution in [1.29, 1.82) is 0 Å². The fourth-order valence-electron chi connectivity index (χ4n) is 2.28. The van der Waals surface area contributed by atoms with Gasteiger partial charge in [-0.3, -0.25) is 14.9 Å². The van der Waals surface area contributed by atoms with Gasteiger partial charge in [0.15, 0.2) is 0 Å². The lowest BCUT2D eigenvalue weighted by atomic mass is 10.0. The second-order valence-electron chi connectivity index (χ2n) is 6.00. The summed E-state index contributed by atoms with van der Waals surface area (Å²) in [7, 11) is 1.35. The number of benzene rings is 1. The number of ether oxygens (including phenoxy) is 1. The summed E-state index contributed by atoms with van der Waals surface area (Å²) in [6, 6.07) is 2.45. The van der Waals surface area contributed by atoms with Crippen LogP contribution in [0.5, 0.6) is 5.75 Å². The second kappa shape index (κ2) is 8.97. The summed E-state index contributed by atoms with van der Waals surface area (Å²) in [6.45, 7) is 3.64. The van der Waals surface area contributed by atoms with Crippen LogP contribution < -0.4 is 10.1 Å². The molecule has 9 nitrogen and oxygen atoms in total. The number of carbonyl (C=O) groups excluding carboxylic acids is 1. The number of non-ortho nitro benzene ring substituents is 1. The largest absolute Gasteiger partial charge is 0.496 e. The fraction of sp³-hybridized carbons (Fsp3) is 0.500. The molecule has 0 aliphatic rings. The molecule has 0 unspecified atom stereocenters. The van der Waals surface area contributed by atoms with Crippen molar-refractivity contribution in [1.82, 2.24) is 5.32 Å².